The van der Waals surface area contributed by atoms with E-state index >= 15 is 0 Å². The molecule has 1 heterocycles. The van der Waals surface area contributed by atoms with E-state index in [-0.39, 0.29) is 5.38 Å². The summed E-state index contributed by atoms with van der Waals surface area (Å²) in [5, 5.41) is 3.39. The lowest BCUT2D eigenvalue weighted by molar-refractivity contribution is 1.05. The van der Waals surface area contributed by atoms with Crippen molar-refractivity contribution in [3.05, 3.63) is 58.3 Å². The first-order valence-corrected chi connectivity index (χ1v) is 6.96. The molecule has 0 spiro atoms. The third-order valence-electron chi connectivity index (χ3n) is 2.63. The Labute approximate surface area is 121 Å². The average Bonchev–Trinajstić information content (AvgIpc) is 2.37. The number of nitrogens with zero attached hydrogens (tertiary/aromatic N) is 1. The molecule has 0 saturated heterocycles. The van der Waals surface area contributed by atoms with Gasteiger partial charge >= 0.3 is 0 Å². The van der Waals surface area contributed by atoms with Gasteiger partial charge in [-0.1, -0.05) is 18.2 Å². The maximum Gasteiger partial charge on any atom is 0.0577 e. The second-order valence-electron chi connectivity index (χ2n) is 4.07. The Morgan fingerprint density at radius 3 is 2.83 bits per heavy atom. The number of hydrogen-bond acceptors (Lipinski definition) is 2. The van der Waals surface area contributed by atoms with E-state index in [1.165, 1.54) is 0 Å². The molecule has 2 aromatic rings. The molecule has 4 heteroatoms. The Balaban J connectivity index is 2.11. The summed E-state index contributed by atoms with van der Waals surface area (Å²) in [5.74, 6) is 0. The van der Waals surface area contributed by atoms with Gasteiger partial charge in [-0.25, -0.2) is 0 Å². The molecule has 0 radical (unpaired) electrons. The van der Waals surface area contributed by atoms with E-state index < -0.39 is 0 Å². The summed E-state index contributed by atoms with van der Waals surface area (Å²) in [6.45, 7) is 2.70. The molecule has 0 aliphatic rings. The van der Waals surface area contributed by atoms with Crippen molar-refractivity contribution in [2.45, 2.75) is 18.8 Å². The molecule has 1 unspecified atom stereocenters. The zero-order valence-corrected chi connectivity index (χ0v) is 12.4. The van der Waals surface area contributed by atoms with Crippen LogP contribution in [0.2, 0.25) is 0 Å². The highest BCUT2D eigenvalue weighted by Crippen LogP contribution is 2.27. The minimum absolute atomic E-state index is 0.00525. The van der Waals surface area contributed by atoms with Crippen LogP contribution in [0.1, 0.15) is 23.4 Å². The van der Waals surface area contributed by atoms with Crippen molar-refractivity contribution in [3.63, 3.8) is 0 Å². The number of benzene rings is 1. The quantitative estimate of drug-likeness (QED) is 0.820. The lowest BCUT2D eigenvalue weighted by Gasteiger charge is -2.13. The highest BCUT2D eigenvalue weighted by Gasteiger charge is 2.06. The summed E-state index contributed by atoms with van der Waals surface area (Å²) in [6.07, 6.45) is 3.63. The van der Waals surface area contributed by atoms with Crippen molar-refractivity contribution in [2.24, 2.45) is 0 Å². The van der Waals surface area contributed by atoms with Crippen LogP contribution >= 0.6 is 27.5 Å². The first-order valence-electron chi connectivity index (χ1n) is 5.73. The summed E-state index contributed by atoms with van der Waals surface area (Å²) in [4.78, 5) is 4.14. The maximum absolute atomic E-state index is 6.16. The Morgan fingerprint density at radius 1 is 1.33 bits per heavy atom. The molecule has 1 aromatic heterocycles. The fourth-order valence-electron chi connectivity index (χ4n) is 1.75. The molecule has 0 amide bonds. The number of aromatic nitrogens is 1. The summed E-state index contributed by atoms with van der Waals surface area (Å²) in [6, 6.07) is 10.1. The van der Waals surface area contributed by atoms with E-state index in [0.717, 1.165) is 27.8 Å². The van der Waals surface area contributed by atoms with Crippen LogP contribution in [0.3, 0.4) is 0 Å². The van der Waals surface area contributed by atoms with E-state index in [4.69, 9.17) is 11.6 Å². The monoisotopic (exact) mass is 324 g/mol. The standard InChI is InChI=1S/C14H14BrClN2/c1-10(16)13-4-2-3-5-14(13)18-8-11-6-12(15)9-17-7-11/h2-7,9-10,18H,8H2,1H3. The topological polar surface area (TPSA) is 24.9 Å². The van der Waals surface area contributed by atoms with Crippen LogP contribution in [0.25, 0.3) is 0 Å². The fourth-order valence-corrected chi connectivity index (χ4v) is 2.36. The first kappa shape index (κ1) is 13.4. The minimum Gasteiger partial charge on any atom is -0.381 e. The van der Waals surface area contributed by atoms with Gasteiger partial charge in [0.15, 0.2) is 0 Å². The van der Waals surface area contributed by atoms with E-state index in [0.29, 0.717) is 0 Å². The van der Waals surface area contributed by atoms with E-state index in [1.807, 2.05) is 43.5 Å². The molecule has 2 nitrogen and oxygen atoms in total. The molecule has 18 heavy (non-hydrogen) atoms. The van der Waals surface area contributed by atoms with Gasteiger partial charge in [0, 0.05) is 29.1 Å². The average molecular weight is 326 g/mol. The highest BCUT2D eigenvalue weighted by molar-refractivity contribution is 9.10. The number of pyridine rings is 1. The van der Waals surface area contributed by atoms with Gasteiger partial charge in [0.2, 0.25) is 0 Å². The van der Waals surface area contributed by atoms with Crippen molar-refractivity contribution in [1.82, 2.24) is 4.98 Å². The third-order valence-corrected chi connectivity index (χ3v) is 3.30. The Kier molecular flexibility index (Phi) is 4.61. The molecule has 1 N–H and O–H groups in total. The van der Waals surface area contributed by atoms with E-state index in [1.54, 1.807) is 6.20 Å². The summed E-state index contributed by atoms with van der Waals surface area (Å²) in [5.41, 5.74) is 3.31. The van der Waals surface area contributed by atoms with Gasteiger partial charge < -0.3 is 5.32 Å². The molecule has 0 aliphatic heterocycles. The number of halogens is 2. The van der Waals surface area contributed by atoms with Crippen LogP contribution in [0.4, 0.5) is 5.69 Å². The second kappa shape index (κ2) is 6.21. The molecular weight excluding hydrogens is 312 g/mol. The van der Waals surface area contributed by atoms with Gasteiger partial charge in [-0.15, -0.1) is 11.6 Å². The lowest BCUT2D eigenvalue weighted by atomic mass is 10.1. The predicted octanol–water partition coefficient (Wildman–Crippen LogP) is 4.76. The van der Waals surface area contributed by atoms with Gasteiger partial charge in [0.1, 0.15) is 0 Å². The predicted molar refractivity (Wildman–Crippen MR) is 80.0 cm³/mol. The molecule has 0 aliphatic carbocycles. The summed E-state index contributed by atoms with van der Waals surface area (Å²) < 4.78 is 0.987. The summed E-state index contributed by atoms with van der Waals surface area (Å²) >= 11 is 9.57. The Morgan fingerprint density at radius 2 is 2.11 bits per heavy atom. The molecule has 2 rings (SSSR count). The normalized spacial score (nSPS) is 12.2. The number of rotatable bonds is 4. The SMILES string of the molecule is CC(Cl)c1ccccc1NCc1cncc(Br)c1. The van der Waals surface area contributed by atoms with Gasteiger partial charge in [-0.3, -0.25) is 4.98 Å². The largest absolute Gasteiger partial charge is 0.381 e. The molecule has 0 fully saturated rings. The van der Waals surface area contributed by atoms with Crippen molar-refractivity contribution in [2.75, 3.05) is 5.32 Å². The van der Waals surface area contributed by atoms with E-state index in [9.17, 15) is 0 Å². The molecule has 1 atom stereocenters. The zero-order chi connectivity index (χ0) is 13.0. The van der Waals surface area contributed by atoms with E-state index in [2.05, 4.69) is 26.2 Å². The number of para-hydroxylation sites is 1. The zero-order valence-electron chi connectivity index (χ0n) is 10.0. The smallest absolute Gasteiger partial charge is 0.0577 e. The van der Waals surface area contributed by atoms with Gasteiger partial charge in [-0.05, 0) is 46.1 Å². The molecule has 0 bridgehead atoms. The van der Waals surface area contributed by atoms with Crippen LogP contribution in [0.15, 0.2) is 47.2 Å². The number of anilines is 1. The number of nitrogens with one attached hydrogen (secondary N) is 1. The summed E-state index contributed by atoms with van der Waals surface area (Å²) in [7, 11) is 0. The first-order chi connectivity index (χ1) is 8.66. The lowest BCUT2D eigenvalue weighted by Crippen LogP contribution is -2.03. The fraction of sp³-hybridized carbons (Fsp3) is 0.214. The molecule has 0 saturated carbocycles. The highest BCUT2D eigenvalue weighted by atomic mass is 79.9. The second-order valence-corrected chi connectivity index (χ2v) is 5.64. The Hall–Kier alpha value is -1.06. The van der Waals surface area contributed by atoms with Crippen LogP contribution in [0, 0.1) is 0 Å². The van der Waals surface area contributed by atoms with Crippen LogP contribution in [-0.4, -0.2) is 4.98 Å². The van der Waals surface area contributed by atoms with Crippen LogP contribution in [-0.2, 0) is 6.54 Å². The Bertz CT molecular complexity index is 529. The van der Waals surface area contributed by atoms with Crippen LogP contribution < -0.4 is 5.32 Å². The van der Waals surface area contributed by atoms with Gasteiger partial charge in [0.05, 0.1) is 5.38 Å². The number of hydrogen-bond donors (Lipinski definition) is 1. The minimum atomic E-state index is -0.00525. The van der Waals surface area contributed by atoms with Gasteiger partial charge in [-0.2, -0.15) is 0 Å². The van der Waals surface area contributed by atoms with Crippen molar-refractivity contribution in [3.8, 4) is 0 Å². The maximum atomic E-state index is 6.16. The van der Waals surface area contributed by atoms with Gasteiger partial charge in [0.25, 0.3) is 0 Å². The number of alkyl halides is 1. The molecule has 1 aromatic carbocycles. The van der Waals surface area contributed by atoms with Crippen molar-refractivity contribution >= 4 is 33.2 Å². The third kappa shape index (κ3) is 3.47. The molecular formula is C14H14BrClN2. The van der Waals surface area contributed by atoms with Crippen molar-refractivity contribution in [1.29, 1.82) is 0 Å². The molecule has 94 valence electrons. The van der Waals surface area contributed by atoms with Crippen LogP contribution in [0.5, 0.6) is 0 Å². The van der Waals surface area contributed by atoms with Crippen molar-refractivity contribution < 1.29 is 0 Å².